The van der Waals surface area contributed by atoms with E-state index in [2.05, 4.69) is 23.1 Å². The van der Waals surface area contributed by atoms with E-state index < -0.39 is 0 Å². The fraction of sp³-hybridized carbons (Fsp3) is 0.304. The molecule has 1 aliphatic rings. The van der Waals surface area contributed by atoms with Crippen molar-refractivity contribution in [1.29, 1.82) is 0 Å². The molecule has 0 unspecified atom stereocenters. The van der Waals surface area contributed by atoms with Crippen molar-refractivity contribution in [3.63, 3.8) is 0 Å². The van der Waals surface area contributed by atoms with E-state index in [-0.39, 0.29) is 5.91 Å². The average Bonchev–Trinajstić information content (AvgIpc) is 2.75. The van der Waals surface area contributed by atoms with Crippen LogP contribution in [-0.2, 0) is 4.79 Å². The fourth-order valence-corrected chi connectivity index (χ4v) is 3.47. The Labute approximate surface area is 165 Å². The maximum absolute atomic E-state index is 12.5. The third-order valence-corrected chi connectivity index (χ3v) is 5.15. The quantitative estimate of drug-likeness (QED) is 0.683. The van der Waals surface area contributed by atoms with Gasteiger partial charge in [-0.3, -0.25) is 4.79 Å². The molecule has 0 aliphatic carbocycles. The van der Waals surface area contributed by atoms with Gasteiger partial charge in [-0.2, -0.15) is 0 Å². The number of aromatic nitrogens is 1. The molecule has 0 bridgehead atoms. The Kier molecular flexibility index (Phi) is 5.42. The lowest BCUT2D eigenvalue weighted by atomic mass is 10.2. The van der Waals surface area contributed by atoms with E-state index >= 15 is 0 Å². The van der Waals surface area contributed by atoms with Crippen molar-refractivity contribution >= 4 is 22.6 Å². The van der Waals surface area contributed by atoms with E-state index in [1.165, 1.54) is 5.56 Å². The molecule has 1 amide bonds. The van der Waals surface area contributed by atoms with Gasteiger partial charge in [0, 0.05) is 31.6 Å². The maximum atomic E-state index is 12.5. The third kappa shape index (κ3) is 4.25. The minimum atomic E-state index is 0.151. The van der Waals surface area contributed by atoms with Crippen molar-refractivity contribution < 1.29 is 9.53 Å². The molecule has 0 radical (unpaired) electrons. The topological polar surface area (TPSA) is 45.7 Å². The number of nitrogens with zero attached hydrogens (tertiary/aromatic N) is 3. The standard InChI is InChI=1S/C23H25N3O2/c1-18-6-9-20(10-7-18)28-17-12-23(27)26-15-13-25(14-16-26)22-11-8-19-4-2-3-5-21(19)24-22/h2-11H,12-17H2,1H3. The number of hydrogen-bond acceptors (Lipinski definition) is 4. The van der Waals surface area contributed by atoms with Gasteiger partial charge in [0.15, 0.2) is 0 Å². The van der Waals surface area contributed by atoms with Crippen molar-refractivity contribution in [3.05, 3.63) is 66.2 Å². The molecule has 5 heteroatoms. The number of carbonyl (C=O) groups is 1. The number of anilines is 1. The van der Waals surface area contributed by atoms with Crippen molar-refractivity contribution in [1.82, 2.24) is 9.88 Å². The zero-order valence-corrected chi connectivity index (χ0v) is 16.2. The molecule has 0 atom stereocenters. The molecule has 1 aliphatic heterocycles. The number of pyridine rings is 1. The van der Waals surface area contributed by atoms with Gasteiger partial charge in [-0.15, -0.1) is 0 Å². The van der Waals surface area contributed by atoms with Crippen molar-refractivity contribution in [2.45, 2.75) is 13.3 Å². The number of ether oxygens (including phenoxy) is 1. The van der Waals surface area contributed by atoms with Gasteiger partial charge in [0.2, 0.25) is 5.91 Å². The summed E-state index contributed by atoms with van der Waals surface area (Å²) < 4.78 is 5.69. The predicted molar refractivity (Wildman–Crippen MR) is 112 cm³/mol. The number of carbonyl (C=O) groups excluding carboxylic acids is 1. The number of benzene rings is 2. The van der Waals surface area contributed by atoms with Crippen LogP contribution in [0.2, 0.25) is 0 Å². The summed E-state index contributed by atoms with van der Waals surface area (Å²) in [6, 6.07) is 20.2. The number of fused-ring (bicyclic) bond motifs is 1. The minimum absolute atomic E-state index is 0.151. The summed E-state index contributed by atoms with van der Waals surface area (Å²) in [6.45, 7) is 5.50. The molecule has 3 aromatic rings. The number of rotatable bonds is 5. The number of piperazine rings is 1. The molecule has 1 aromatic heterocycles. The predicted octanol–water partition coefficient (Wildman–Crippen LogP) is 3.66. The first kappa shape index (κ1) is 18.3. The molecule has 0 spiro atoms. The Balaban J connectivity index is 1.27. The zero-order valence-electron chi connectivity index (χ0n) is 16.2. The first-order valence-corrected chi connectivity index (χ1v) is 9.77. The van der Waals surface area contributed by atoms with E-state index in [0.29, 0.717) is 13.0 Å². The highest BCUT2D eigenvalue weighted by Crippen LogP contribution is 2.19. The Bertz CT molecular complexity index is 947. The Morgan fingerprint density at radius 1 is 0.964 bits per heavy atom. The van der Waals surface area contributed by atoms with Crippen LogP contribution in [0.15, 0.2) is 60.7 Å². The molecule has 2 heterocycles. The Hall–Kier alpha value is -3.08. The Morgan fingerprint density at radius 3 is 2.50 bits per heavy atom. The second-order valence-corrected chi connectivity index (χ2v) is 7.14. The van der Waals surface area contributed by atoms with E-state index in [0.717, 1.165) is 48.6 Å². The summed E-state index contributed by atoms with van der Waals surface area (Å²) in [5, 5.41) is 1.15. The van der Waals surface area contributed by atoms with E-state index in [9.17, 15) is 4.79 Å². The van der Waals surface area contributed by atoms with Crippen LogP contribution < -0.4 is 9.64 Å². The summed E-state index contributed by atoms with van der Waals surface area (Å²) >= 11 is 0. The molecule has 144 valence electrons. The summed E-state index contributed by atoms with van der Waals surface area (Å²) in [4.78, 5) is 21.4. The van der Waals surface area contributed by atoms with Gasteiger partial charge in [0.05, 0.1) is 18.5 Å². The summed E-state index contributed by atoms with van der Waals surface area (Å²) in [6.07, 6.45) is 0.405. The summed E-state index contributed by atoms with van der Waals surface area (Å²) in [5.74, 6) is 1.94. The van der Waals surface area contributed by atoms with Crippen LogP contribution >= 0.6 is 0 Å². The SMILES string of the molecule is Cc1ccc(OCCC(=O)N2CCN(c3ccc4ccccc4n3)CC2)cc1. The lowest BCUT2D eigenvalue weighted by molar-refractivity contribution is -0.132. The molecule has 2 aromatic carbocycles. The van der Waals surface area contributed by atoms with Crippen molar-refractivity contribution in [3.8, 4) is 5.75 Å². The van der Waals surface area contributed by atoms with Gasteiger partial charge in [-0.1, -0.05) is 35.9 Å². The van der Waals surface area contributed by atoms with Crippen LogP contribution in [0.4, 0.5) is 5.82 Å². The van der Waals surface area contributed by atoms with Crippen molar-refractivity contribution in [2.75, 3.05) is 37.7 Å². The molecule has 28 heavy (non-hydrogen) atoms. The largest absolute Gasteiger partial charge is 0.493 e. The molecule has 0 N–H and O–H groups in total. The monoisotopic (exact) mass is 375 g/mol. The second-order valence-electron chi connectivity index (χ2n) is 7.14. The molecular formula is C23H25N3O2. The summed E-state index contributed by atoms with van der Waals surface area (Å²) in [5.41, 5.74) is 2.20. The second kappa shape index (κ2) is 8.30. The minimum Gasteiger partial charge on any atom is -0.493 e. The number of hydrogen-bond donors (Lipinski definition) is 0. The lowest BCUT2D eigenvalue weighted by Crippen LogP contribution is -2.49. The molecular weight excluding hydrogens is 350 g/mol. The number of aryl methyl sites for hydroxylation is 1. The Morgan fingerprint density at radius 2 is 1.71 bits per heavy atom. The highest BCUT2D eigenvalue weighted by Gasteiger charge is 2.21. The maximum Gasteiger partial charge on any atom is 0.226 e. The van der Waals surface area contributed by atoms with Gasteiger partial charge in [0.1, 0.15) is 11.6 Å². The molecule has 4 rings (SSSR count). The van der Waals surface area contributed by atoms with Crippen LogP contribution in [0.5, 0.6) is 5.75 Å². The number of amides is 1. The summed E-state index contributed by atoms with van der Waals surface area (Å²) in [7, 11) is 0. The smallest absolute Gasteiger partial charge is 0.226 e. The van der Waals surface area contributed by atoms with Crippen LogP contribution in [0.3, 0.4) is 0 Å². The van der Waals surface area contributed by atoms with Crippen LogP contribution in [0.25, 0.3) is 10.9 Å². The molecule has 1 fully saturated rings. The molecule has 5 nitrogen and oxygen atoms in total. The van der Waals surface area contributed by atoms with Crippen LogP contribution in [0, 0.1) is 6.92 Å². The number of para-hydroxylation sites is 1. The van der Waals surface area contributed by atoms with E-state index in [4.69, 9.17) is 9.72 Å². The van der Waals surface area contributed by atoms with Gasteiger partial charge < -0.3 is 14.5 Å². The van der Waals surface area contributed by atoms with Gasteiger partial charge in [-0.25, -0.2) is 4.98 Å². The van der Waals surface area contributed by atoms with Crippen LogP contribution in [-0.4, -0.2) is 48.6 Å². The van der Waals surface area contributed by atoms with Gasteiger partial charge in [0.25, 0.3) is 0 Å². The average molecular weight is 375 g/mol. The van der Waals surface area contributed by atoms with E-state index in [1.807, 2.05) is 54.3 Å². The highest BCUT2D eigenvalue weighted by atomic mass is 16.5. The first-order chi connectivity index (χ1) is 13.7. The third-order valence-electron chi connectivity index (χ3n) is 5.15. The lowest BCUT2D eigenvalue weighted by Gasteiger charge is -2.35. The first-order valence-electron chi connectivity index (χ1n) is 9.77. The van der Waals surface area contributed by atoms with Crippen LogP contribution in [0.1, 0.15) is 12.0 Å². The normalized spacial score (nSPS) is 14.3. The van der Waals surface area contributed by atoms with Gasteiger partial charge in [-0.05, 0) is 37.3 Å². The van der Waals surface area contributed by atoms with Gasteiger partial charge >= 0.3 is 0 Å². The van der Waals surface area contributed by atoms with Crippen molar-refractivity contribution in [2.24, 2.45) is 0 Å². The highest BCUT2D eigenvalue weighted by molar-refractivity contribution is 5.80. The van der Waals surface area contributed by atoms with E-state index in [1.54, 1.807) is 0 Å². The molecule has 0 saturated carbocycles. The molecule has 1 saturated heterocycles. The fourth-order valence-electron chi connectivity index (χ4n) is 3.47. The zero-order chi connectivity index (χ0) is 19.3.